The topological polar surface area (TPSA) is 61.6 Å². The fourth-order valence-electron chi connectivity index (χ4n) is 5.00. The van der Waals surface area contributed by atoms with Gasteiger partial charge in [-0.3, -0.25) is 4.99 Å². The third-order valence-corrected chi connectivity index (χ3v) is 6.61. The number of likely N-dealkylation sites (tertiary alicyclic amines) is 2. The van der Waals surface area contributed by atoms with E-state index in [-0.39, 0.29) is 0 Å². The predicted octanol–water partition coefficient (Wildman–Crippen LogP) is 1.92. The summed E-state index contributed by atoms with van der Waals surface area (Å²) in [6.45, 7) is 13.2. The van der Waals surface area contributed by atoms with E-state index >= 15 is 0 Å². The van der Waals surface area contributed by atoms with Crippen LogP contribution in [0.2, 0.25) is 0 Å². The Balaban J connectivity index is 1.31. The molecule has 0 radical (unpaired) electrons. The second kappa shape index (κ2) is 9.25. The molecule has 2 saturated heterocycles. The predicted molar refractivity (Wildman–Crippen MR) is 113 cm³/mol. The van der Waals surface area contributed by atoms with Crippen LogP contribution >= 0.6 is 0 Å². The van der Waals surface area contributed by atoms with Crippen LogP contribution in [0.4, 0.5) is 0 Å². The maximum atomic E-state index is 5.05. The number of rotatable bonds is 5. The van der Waals surface area contributed by atoms with E-state index in [0.29, 0.717) is 5.92 Å². The van der Waals surface area contributed by atoms with Gasteiger partial charge in [0.25, 0.3) is 0 Å². The molecule has 7 heteroatoms. The van der Waals surface area contributed by atoms with Gasteiger partial charge in [0.05, 0.1) is 0 Å². The molecule has 0 spiro atoms. The van der Waals surface area contributed by atoms with Crippen molar-refractivity contribution in [2.75, 3.05) is 45.8 Å². The highest BCUT2D eigenvalue weighted by Gasteiger charge is 2.27. The fourth-order valence-corrected chi connectivity index (χ4v) is 5.00. The average Bonchev–Trinajstić information content (AvgIpc) is 3.33. The molecule has 28 heavy (non-hydrogen) atoms. The number of aromatic nitrogens is 3. The van der Waals surface area contributed by atoms with Crippen molar-refractivity contribution in [1.82, 2.24) is 29.9 Å². The minimum absolute atomic E-state index is 0.586. The van der Waals surface area contributed by atoms with Crippen LogP contribution in [0.1, 0.15) is 50.7 Å². The van der Waals surface area contributed by atoms with E-state index in [1.54, 1.807) is 0 Å². The van der Waals surface area contributed by atoms with Gasteiger partial charge in [-0.2, -0.15) is 0 Å². The molecular weight excluding hydrogens is 350 g/mol. The Morgan fingerprint density at radius 2 is 1.93 bits per heavy atom. The lowest BCUT2D eigenvalue weighted by Crippen LogP contribution is -2.41. The van der Waals surface area contributed by atoms with Gasteiger partial charge < -0.3 is 19.7 Å². The molecule has 0 saturated carbocycles. The summed E-state index contributed by atoms with van der Waals surface area (Å²) in [6, 6.07) is 0. The van der Waals surface area contributed by atoms with Crippen molar-refractivity contribution in [3.8, 4) is 0 Å². The molecule has 2 atom stereocenters. The molecule has 156 valence electrons. The van der Waals surface area contributed by atoms with Gasteiger partial charge in [0.15, 0.2) is 5.96 Å². The van der Waals surface area contributed by atoms with Gasteiger partial charge in [0.2, 0.25) is 0 Å². The van der Waals surface area contributed by atoms with Gasteiger partial charge in [-0.05, 0) is 64.5 Å². The standard InChI is InChI=1S/C21H37N7/c1-3-22-21(23-13-18-7-8-20-25-24-17(2)28(20)16-18)27-12-9-19(15-27)14-26-10-5-4-6-11-26/h18-19H,3-16H2,1-2H3,(H,22,23). The van der Waals surface area contributed by atoms with Crippen molar-refractivity contribution >= 4 is 5.96 Å². The summed E-state index contributed by atoms with van der Waals surface area (Å²) in [5, 5.41) is 12.1. The highest BCUT2D eigenvalue weighted by molar-refractivity contribution is 5.80. The smallest absolute Gasteiger partial charge is 0.193 e. The van der Waals surface area contributed by atoms with Crippen molar-refractivity contribution in [3.63, 3.8) is 0 Å². The van der Waals surface area contributed by atoms with Crippen LogP contribution in [0, 0.1) is 18.8 Å². The first-order valence-corrected chi connectivity index (χ1v) is 11.4. The number of guanidine groups is 1. The Hall–Kier alpha value is -1.63. The van der Waals surface area contributed by atoms with E-state index in [1.165, 1.54) is 51.7 Å². The molecule has 4 rings (SSSR count). The van der Waals surface area contributed by atoms with Crippen molar-refractivity contribution in [3.05, 3.63) is 11.6 Å². The summed E-state index contributed by atoms with van der Waals surface area (Å²) in [7, 11) is 0. The Kier molecular flexibility index (Phi) is 6.50. The van der Waals surface area contributed by atoms with Crippen LogP contribution in [0.25, 0.3) is 0 Å². The van der Waals surface area contributed by atoms with Crippen molar-refractivity contribution in [2.45, 2.75) is 58.9 Å². The second-order valence-electron chi connectivity index (χ2n) is 8.84. The number of nitrogens with zero attached hydrogens (tertiary/aromatic N) is 6. The molecule has 3 aliphatic heterocycles. The third-order valence-electron chi connectivity index (χ3n) is 6.61. The first kappa shape index (κ1) is 19.7. The molecule has 2 fully saturated rings. The maximum absolute atomic E-state index is 5.05. The Labute approximate surface area is 169 Å². The molecular formula is C21H37N7. The Morgan fingerprint density at radius 1 is 1.07 bits per heavy atom. The monoisotopic (exact) mass is 387 g/mol. The van der Waals surface area contributed by atoms with Gasteiger partial charge in [-0.1, -0.05) is 6.42 Å². The highest BCUT2D eigenvalue weighted by Crippen LogP contribution is 2.22. The van der Waals surface area contributed by atoms with Crippen LogP contribution in [0.15, 0.2) is 4.99 Å². The van der Waals surface area contributed by atoms with E-state index in [2.05, 4.69) is 43.7 Å². The summed E-state index contributed by atoms with van der Waals surface area (Å²) in [5.41, 5.74) is 0. The normalized spacial score (nSPS) is 26.5. The zero-order valence-corrected chi connectivity index (χ0v) is 17.7. The number of nitrogens with one attached hydrogen (secondary N) is 1. The van der Waals surface area contributed by atoms with Crippen LogP contribution in [-0.2, 0) is 13.0 Å². The second-order valence-corrected chi connectivity index (χ2v) is 8.84. The lowest BCUT2D eigenvalue weighted by Gasteiger charge is -2.29. The summed E-state index contributed by atoms with van der Waals surface area (Å²) in [4.78, 5) is 10.2. The minimum atomic E-state index is 0.586. The van der Waals surface area contributed by atoms with E-state index in [0.717, 1.165) is 62.7 Å². The maximum Gasteiger partial charge on any atom is 0.193 e. The third kappa shape index (κ3) is 4.67. The first-order chi connectivity index (χ1) is 13.7. The van der Waals surface area contributed by atoms with Crippen molar-refractivity contribution in [2.24, 2.45) is 16.8 Å². The number of hydrogen-bond donors (Lipinski definition) is 1. The molecule has 4 heterocycles. The Morgan fingerprint density at radius 3 is 2.75 bits per heavy atom. The van der Waals surface area contributed by atoms with Gasteiger partial charge in [-0.15, -0.1) is 10.2 Å². The van der Waals surface area contributed by atoms with Crippen LogP contribution in [-0.4, -0.2) is 76.3 Å². The minimum Gasteiger partial charge on any atom is -0.357 e. The van der Waals surface area contributed by atoms with Gasteiger partial charge in [0.1, 0.15) is 11.6 Å². The molecule has 3 aliphatic rings. The summed E-state index contributed by atoms with van der Waals surface area (Å²) >= 11 is 0. The van der Waals surface area contributed by atoms with E-state index < -0.39 is 0 Å². The largest absolute Gasteiger partial charge is 0.357 e. The molecule has 0 aliphatic carbocycles. The summed E-state index contributed by atoms with van der Waals surface area (Å²) in [5.74, 6) is 4.68. The van der Waals surface area contributed by atoms with Crippen molar-refractivity contribution in [1.29, 1.82) is 0 Å². The number of aliphatic imine (C=N–C) groups is 1. The van der Waals surface area contributed by atoms with E-state index in [4.69, 9.17) is 4.99 Å². The molecule has 0 bridgehead atoms. The SMILES string of the molecule is CCNC(=NCC1CCc2nnc(C)n2C1)N1CCC(CN2CCCCC2)C1. The molecule has 1 aromatic rings. The number of aryl methyl sites for hydroxylation is 2. The average molecular weight is 388 g/mol. The zero-order valence-electron chi connectivity index (χ0n) is 17.7. The zero-order chi connectivity index (χ0) is 19.3. The lowest BCUT2D eigenvalue weighted by atomic mass is 9.99. The molecule has 1 aromatic heterocycles. The fraction of sp³-hybridized carbons (Fsp3) is 0.857. The first-order valence-electron chi connectivity index (χ1n) is 11.4. The Bertz CT molecular complexity index is 662. The van der Waals surface area contributed by atoms with Gasteiger partial charge >= 0.3 is 0 Å². The molecule has 0 aromatic carbocycles. The van der Waals surface area contributed by atoms with Gasteiger partial charge in [0, 0.05) is 45.7 Å². The van der Waals surface area contributed by atoms with Crippen LogP contribution in [0.5, 0.6) is 0 Å². The molecule has 1 N–H and O–H groups in total. The number of fused-ring (bicyclic) bond motifs is 1. The highest BCUT2D eigenvalue weighted by atomic mass is 15.3. The number of hydrogen-bond acceptors (Lipinski definition) is 4. The van der Waals surface area contributed by atoms with Crippen LogP contribution in [0.3, 0.4) is 0 Å². The van der Waals surface area contributed by atoms with Gasteiger partial charge in [-0.25, -0.2) is 0 Å². The van der Waals surface area contributed by atoms with E-state index in [1.807, 2.05) is 0 Å². The molecule has 0 amide bonds. The van der Waals surface area contributed by atoms with E-state index in [9.17, 15) is 0 Å². The van der Waals surface area contributed by atoms with Crippen molar-refractivity contribution < 1.29 is 0 Å². The van der Waals surface area contributed by atoms with Crippen LogP contribution < -0.4 is 5.32 Å². The summed E-state index contributed by atoms with van der Waals surface area (Å²) in [6.07, 6.45) is 7.68. The lowest BCUT2D eigenvalue weighted by molar-refractivity contribution is 0.198. The number of piperidine rings is 1. The molecule has 2 unspecified atom stereocenters. The summed E-state index contributed by atoms with van der Waals surface area (Å²) < 4.78 is 2.28. The molecule has 7 nitrogen and oxygen atoms in total. The quantitative estimate of drug-likeness (QED) is 0.618.